The molecule has 0 atom stereocenters. The standard InChI is InChI=1S/C16H32N2O/c1-3-5-7-8-9-10-11-12-13-14-16(19)18-17-15-6-4-2/h15H,3-14H2,1-2H3,(H,18,19). The number of rotatable bonds is 13. The first-order chi connectivity index (χ1) is 9.31. The first-order valence-electron chi connectivity index (χ1n) is 8.11. The lowest BCUT2D eigenvalue weighted by Gasteiger charge is -2.02. The van der Waals surface area contributed by atoms with Gasteiger partial charge in [-0.1, -0.05) is 71.6 Å². The van der Waals surface area contributed by atoms with E-state index in [1.807, 2.05) is 0 Å². The van der Waals surface area contributed by atoms with E-state index in [-0.39, 0.29) is 5.91 Å². The van der Waals surface area contributed by atoms with E-state index in [0.717, 1.165) is 19.3 Å². The normalized spacial score (nSPS) is 11.1. The fourth-order valence-corrected chi connectivity index (χ4v) is 1.96. The summed E-state index contributed by atoms with van der Waals surface area (Å²) in [6.07, 6.45) is 15.9. The smallest absolute Gasteiger partial charge is 0.240 e. The SMILES string of the molecule is CCCC=NNC(=O)CCCCCCCCCCC. The molecule has 0 unspecified atom stereocenters. The minimum absolute atomic E-state index is 0.0512. The number of nitrogens with zero attached hydrogens (tertiary/aromatic N) is 1. The Balaban J connectivity index is 3.18. The molecule has 0 saturated carbocycles. The number of hydrogen-bond donors (Lipinski definition) is 1. The number of nitrogens with one attached hydrogen (secondary N) is 1. The second-order valence-corrected chi connectivity index (χ2v) is 5.21. The summed E-state index contributed by atoms with van der Waals surface area (Å²) >= 11 is 0. The van der Waals surface area contributed by atoms with Crippen LogP contribution < -0.4 is 5.43 Å². The van der Waals surface area contributed by atoms with Crippen molar-refractivity contribution in [1.82, 2.24) is 5.43 Å². The van der Waals surface area contributed by atoms with Gasteiger partial charge in [0.1, 0.15) is 0 Å². The Kier molecular flexibility index (Phi) is 14.5. The average Bonchev–Trinajstić information content (AvgIpc) is 2.42. The molecule has 0 fully saturated rings. The summed E-state index contributed by atoms with van der Waals surface area (Å²) in [5, 5.41) is 3.89. The third-order valence-corrected chi connectivity index (χ3v) is 3.21. The van der Waals surface area contributed by atoms with Gasteiger partial charge in [0.25, 0.3) is 0 Å². The minimum atomic E-state index is 0.0512. The monoisotopic (exact) mass is 268 g/mol. The fourth-order valence-electron chi connectivity index (χ4n) is 1.96. The van der Waals surface area contributed by atoms with Gasteiger partial charge >= 0.3 is 0 Å². The predicted octanol–water partition coefficient (Wildman–Crippen LogP) is 4.81. The van der Waals surface area contributed by atoms with Crippen LogP contribution in [-0.2, 0) is 4.79 Å². The van der Waals surface area contributed by atoms with Crippen LogP contribution in [-0.4, -0.2) is 12.1 Å². The van der Waals surface area contributed by atoms with E-state index in [9.17, 15) is 4.79 Å². The van der Waals surface area contributed by atoms with E-state index in [1.54, 1.807) is 6.21 Å². The summed E-state index contributed by atoms with van der Waals surface area (Å²) in [5.74, 6) is 0.0512. The Morgan fingerprint density at radius 1 is 0.895 bits per heavy atom. The number of unbranched alkanes of at least 4 members (excludes halogenated alkanes) is 9. The largest absolute Gasteiger partial charge is 0.273 e. The predicted molar refractivity (Wildman–Crippen MR) is 83.4 cm³/mol. The van der Waals surface area contributed by atoms with E-state index in [1.165, 1.54) is 51.4 Å². The number of carbonyl (C=O) groups excluding carboxylic acids is 1. The molecule has 0 aliphatic rings. The van der Waals surface area contributed by atoms with Crippen LogP contribution in [0.1, 0.15) is 90.9 Å². The first-order valence-corrected chi connectivity index (χ1v) is 8.11. The number of carbonyl (C=O) groups is 1. The summed E-state index contributed by atoms with van der Waals surface area (Å²) in [7, 11) is 0. The first kappa shape index (κ1) is 18.1. The lowest BCUT2D eigenvalue weighted by atomic mass is 10.1. The molecule has 0 bridgehead atoms. The second-order valence-electron chi connectivity index (χ2n) is 5.21. The summed E-state index contributed by atoms with van der Waals surface area (Å²) < 4.78 is 0. The maximum absolute atomic E-state index is 11.4. The molecule has 1 N–H and O–H groups in total. The van der Waals surface area contributed by atoms with E-state index in [2.05, 4.69) is 24.4 Å². The van der Waals surface area contributed by atoms with Gasteiger partial charge in [0, 0.05) is 12.6 Å². The van der Waals surface area contributed by atoms with Crippen molar-refractivity contribution >= 4 is 12.1 Å². The van der Waals surface area contributed by atoms with Gasteiger partial charge in [-0.3, -0.25) is 4.79 Å². The molecule has 1 amide bonds. The Morgan fingerprint density at radius 3 is 2.05 bits per heavy atom. The van der Waals surface area contributed by atoms with Gasteiger partial charge in [-0.2, -0.15) is 5.10 Å². The van der Waals surface area contributed by atoms with Crippen LogP contribution in [0.2, 0.25) is 0 Å². The van der Waals surface area contributed by atoms with E-state index in [4.69, 9.17) is 0 Å². The molecule has 0 aliphatic heterocycles. The van der Waals surface area contributed by atoms with Crippen LogP contribution in [0.3, 0.4) is 0 Å². The van der Waals surface area contributed by atoms with Crippen LogP contribution in [0.5, 0.6) is 0 Å². The zero-order chi connectivity index (χ0) is 14.2. The van der Waals surface area contributed by atoms with Crippen molar-refractivity contribution in [2.24, 2.45) is 5.10 Å². The molecule has 0 saturated heterocycles. The maximum Gasteiger partial charge on any atom is 0.240 e. The van der Waals surface area contributed by atoms with Crippen molar-refractivity contribution in [2.75, 3.05) is 0 Å². The average molecular weight is 268 g/mol. The zero-order valence-electron chi connectivity index (χ0n) is 12.9. The molecule has 19 heavy (non-hydrogen) atoms. The number of hydrazone groups is 1. The molecule has 0 heterocycles. The maximum atomic E-state index is 11.4. The third kappa shape index (κ3) is 15.1. The zero-order valence-corrected chi connectivity index (χ0v) is 12.9. The number of hydrogen-bond acceptors (Lipinski definition) is 2. The molecule has 112 valence electrons. The van der Waals surface area contributed by atoms with Crippen molar-refractivity contribution in [3.8, 4) is 0 Å². The van der Waals surface area contributed by atoms with Gasteiger partial charge in [0.15, 0.2) is 0 Å². The lowest BCUT2D eigenvalue weighted by molar-refractivity contribution is -0.121. The van der Waals surface area contributed by atoms with Gasteiger partial charge in [-0.15, -0.1) is 0 Å². The molecule has 0 rings (SSSR count). The Morgan fingerprint density at radius 2 is 1.47 bits per heavy atom. The topological polar surface area (TPSA) is 41.5 Å². The van der Waals surface area contributed by atoms with Crippen molar-refractivity contribution in [2.45, 2.75) is 90.9 Å². The quantitative estimate of drug-likeness (QED) is 0.291. The Labute approximate surface area is 119 Å². The summed E-state index contributed by atoms with van der Waals surface area (Å²) in [6.45, 7) is 4.34. The third-order valence-electron chi connectivity index (χ3n) is 3.21. The fraction of sp³-hybridized carbons (Fsp3) is 0.875. The van der Waals surface area contributed by atoms with Crippen LogP contribution in [0.15, 0.2) is 5.10 Å². The molecule has 0 aliphatic carbocycles. The van der Waals surface area contributed by atoms with Crippen molar-refractivity contribution in [1.29, 1.82) is 0 Å². The molecule has 0 aromatic rings. The Hall–Kier alpha value is -0.860. The molecule has 0 aromatic carbocycles. The van der Waals surface area contributed by atoms with Gasteiger partial charge in [0.2, 0.25) is 5.91 Å². The van der Waals surface area contributed by atoms with E-state index >= 15 is 0 Å². The van der Waals surface area contributed by atoms with Crippen molar-refractivity contribution < 1.29 is 4.79 Å². The highest BCUT2D eigenvalue weighted by Gasteiger charge is 1.98. The van der Waals surface area contributed by atoms with Crippen LogP contribution in [0.25, 0.3) is 0 Å². The van der Waals surface area contributed by atoms with Gasteiger partial charge < -0.3 is 0 Å². The minimum Gasteiger partial charge on any atom is -0.273 e. The molecule has 3 heteroatoms. The van der Waals surface area contributed by atoms with Gasteiger partial charge in [-0.05, 0) is 12.8 Å². The highest BCUT2D eigenvalue weighted by Crippen LogP contribution is 2.10. The molecular formula is C16H32N2O. The molecular weight excluding hydrogens is 236 g/mol. The summed E-state index contributed by atoms with van der Waals surface area (Å²) in [5.41, 5.74) is 2.57. The highest BCUT2D eigenvalue weighted by molar-refractivity contribution is 5.76. The van der Waals surface area contributed by atoms with Crippen LogP contribution in [0.4, 0.5) is 0 Å². The Bertz CT molecular complexity index is 227. The van der Waals surface area contributed by atoms with Crippen LogP contribution >= 0.6 is 0 Å². The second kappa shape index (κ2) is 15.2. The molecule has 0 spiro atoms. The van der Waals surface area contributed by atoms with Gasteiger partial charge in [0.05, 0.1) is 0 Å². The highest BCUT2D eigenvalue weighted by atomic mass is 16.2. The van der Waals surface area contributed by atoms with E-state index in [0.29, 0.717) is 6.42 Å². The molecule has 0 aromatic heterocycles. The van der Waals surface area contributed by atoms with Crippen molar-refractivity contribution in [3.05, 3.63) is 0 Å². The summed E-state index contributed by atoms with van der Waals surface area (Å²) in [4.78, 5) is 11.4. The van der Waals surface area contributed by atoms with Crippen molar-refractivity contribution in [3.63, 3.8) is 0 Å². The summed E-state index contributed by atoms with van der Waals surface area (Å²) in [6, 6.07) is 0. The number of amides is 1. The lowest BCUT2D eigenvalue weighted by Crippen LogP contribution is -2.16. The van der Waals surface area contributed by atoms with Gasteiger partial charge in [-0.25, -0.2) is 5.43 Å². The molecule has 3 nitrogen and oxygen atoms in total. The van der Waals surface area contributed by atoms with Crippen LogP contribution in [0, 0.1) is 0 Å². The van der Waals surface area contributed by atoms with E-state index < -0.39 is 0 Å². The molecule has 0 radical (unpaired) electrons.